The number of piperidine rings is 1. The van der Waals surface area contributed by atoms with Crippen LogP contribution in [-0.4, -0.2) is 42.6 Å². The van der Waals surface area contributed by atoms with Gasteiger partial charge in [0.05, 0.1) is 5.71 Å². The van der Waals surface area contributed by atoms with Gasteiger partial charge in [-0.05, 0) is 38.2 Å². The van der Waals surface area contributed by atoms with Crippen LogP contribution in [-0.2, 0) is 0 Å². The van der Waals surface area contributed by atoms with Gasteiger partial charge in [0.15, 0.2) is 0 Å². The summed E-state index contributed by atoms with van der Waals surface area (Å²) in [6.45, 7) is 4.80. The van der Waals surface area contributed by atoms with Gasteiger partial charge in [0.25, 0.3) is 12.3 Å². The molecule has 0 amide bonds. The molecule has 1 aromatic rings. The summed E-state index contributed by atoms with van der Waals surface area (Å²) in [5.74, 6) is -2.10. The van der Waals surface area contributed by atoms with Crippen LogP contribution in [0.5, 0.6) is 0 Å². The van der Waals surface area contributed by atoms with Crippen LogP contribution in [0.4, 0.5) is 17.6 Å². The zero-order valence-electron chi connectivity index (χ0n) is 18.6. The summed E-state index contributed by atoms with van der Waals surface area (Å²) in [7, 11) is 0. The van der Waals surface area contributed by atoms with Crippen LogP contribution in [0.1, 0.15) is 85.9 Å². The van der Waals surface area contributed by atoms with Crippen molar-refractivity contribution in [2.45, 2.75) is 89.9 Å². The molecule has 0 atom stereocenters. The van der Waals surface area contributed by atoms with Crippen molar-refractivity contribution in [2.24, 2.45) is 4.99 Å². The Hall–Kier alpha value is -1.21. The highest BCUT2D eigenvalue weighted by atomic mass is 32.1. The van der Waals surface area contributed by atoms with Crippen molar-refractivity contribution in [2.75, 3.05) is 19.6 Å². The van der Waals surface area contributed by atoms with E-state index in [1.807, 2.05) is 18.7 Å². The maximum Gasteiger partial charge on any atom is 0.280 e. The van der Waals surface area contributed by atoms with Gasteiger partial charge in [-0.15, -0.1) is 11.3 Å². The summed E-state index contributed by atoms with van der Waals surface area (Å²) in [5, 5.41) is 0. The molecule has 0 N–H and O–H groups in total. The summed E-state index contributed by atoms with van der Waals surface area (Å²) in [6.07, 6.45) is 5.88. The van der Waals surface area contributed by atoms with E-state index in [-0.39, 0.29) is 31.6 Å². The van der Waals surface area contributed by atoms with E-state index in [4.69, 9.17) is 0 Å². The molecule has 2 heterocycles. The number of thiophene rings is 1. The Labute approximate surface area is 187 Å². The first-order chi connectivity index (χ1) is 14.8. The van der Waals surface area contributed by atoms with Crippen LogP contribution >= 0.6 is 11.3 Å². The molecule has 1 saturated heterocycles. The molecule has 2 fully saturated rings. The number of unbranched alkanes of at least 4 members (excludes halogenated alkanes) is 1. The third kappa shape index (κ3) is 6.88. The van der Waals surface area contributed by atoms with Crippen molar-refractivity contribution in [1.82, 2.24) is 4.90 Å². The minimum atomic E-state index is -2.65. The second-order valence-electron chi connectivity index (χ2n) is 8.86. The molecule has 0 bridgehead atoms. The Morgan fingerprint density at radius 3 is 2.52 bits per heavy atom. The highest BCUT2D eigenvalue weighted by Gasteiger charge is 2.34. The lowest BCUT2D eigenvalue weighted by Crippen LogP contribution is -2.42. The van der Waals surface area contributed by atoms with Gasteiger partial charge in [-0.3, -0.25) is 9.89 Å². The Balaban J connectivity index is 1.90. The summed E-state index contributed by atoms with van der Waals surface area (Å²) >= 11 is 1.74. The smallest absolute Gasteiger partial charge is 0.280 e. The first-order valence-corrected chi connectivity index (χ1v) is 12.4. The van der Waals surface area contributed by atoms with Crippen LogP contribution < -0.4 is 0 Å². The van der Waals surface area contributed by atoms with E-state index >= 15 is 0 Å². The summed E-state index contributed by atoms with van der Waals surface area (Å²) in [4.78, 5) is 8.75. The number of rotatable bonds is 8. The van der Waals surface area contributed by atoms with Crippen LogP contribution in [0.15, 0.2) is 22.8 Å². The molecular formula is C24H34F4N2S. The molecule has 174 valence electrons. The fourth-order valence-corrected chi connectivity index (χ4v) is 5.66. The topological polar surface area (TPSA) is 15.6 Å². The van der Waals surface area contributed by atoms with E-state index in [0.29, 0.717) is 24.6 Å². The average molecular weight is 459 g/mol. The Kier molecular flexibility index (Phi) is 8.74. The van der Waals surface area contributed by atoms with Crippen molar-refractivity contribution in [1.29, 1.82) is 0 Å². The van der Waals surface area contributed by atoms with Gasteiger partial charge in [0.2, 0.25) is 0 Å². The number of aliphatic imine (C=N–C) groups is 1. The molecule has 1 aliphatic heterocycles. The number of aryl methyl sites for hydroxylation is 1. The molecule has 0 spiro atoms. The van der Waals surface area contributed by atoms with Crippen molar-refractivity contribution >= 4 is 17.0 Å². The average Bonchev–Trinajstić information content (AvgIpc) is 3.13. The highest BCUT2D eigenvalue weighted by molar-refractivity contribution is 7.12. The third-order valence-electron chi connectivity index (χ3n) is 6.35. The Bertz CT molecular complexity index is 769. The molecule has 7 heteroatoms. The Morgan fingerprint density at radius 2 is 1.90 bits per heavy atom. The zero-order valence-corrected chi connectivity index (χ0v) is 19.4. The van der Waals surface area contributed by atoms with Crippen molar-refractivity contribution in [3.05, 3.63) is 33.2 Å². The minimum absolute atomic E-state index is 0.191. The predicted molar refractivity (Wildman–Crippen MR) is 121 cm³/mol. The van der Waals surface area contributed by atoms with Crippen LogP contribution in [0.3, 0.4) is 0 Å². The second-order valence-corrected chi connectivity index (χ2v) is 10.2. The van der Waals surface area contributed by atoms with Gasteiger partial charge in [-0.1, -0.05) is 38.7 Å². The fourth-order valence-electron chi connectivity index (χ4n) is 4.44. The van der Waals surface area contributed by atoms with E-state index in [2.05, 4.69) is 11.1 Å². The molecule has 0 radical (unpaired) electrons. The van der Waals surface area contributed by atoms with E-state index in [1.165, 1.54) is 43.1 Å². The maximum atomic E-state index is 13.7. The lowest BCUT2D eigenvalue weighted by Gasteiger charge is -2.32. The van der Waals surface area contributed by atoms with Crippen LogP contribution in [0.2, 0.25) is 0 Å². The molecule has 1 saturated carbocycles. The van der Waals surface area contributed by atoms with Gasteiger partial charge in [-0.2, -0.15) is 0 Å². The molecule has 31 heavy (non-hydrogen) atoms. The fraction of sp³-hybridized carbons (Fsp3) is 0.708. The standard InChI is InChI=1S/C24H34F4N2S/c1-3-4-10-20(23(25)26)29-21(16-30-13-11-24(27,28)12-14-30)19-15-22(31-17(19)2)18-8-6-5-7-9-18/h10,15,18,23H,3-9,11-14,16H2,1-2H3/b20-10+,29-21-. The zero-order chi connectivity index (χ0) is 22.4. The van der Waals surface area contributed by atoms with Gasteiger partial charge in [0.1, 0.15) is 5.70 Å². The van der Waals surface area contributed by atoms with Crippen LogP contribution in [0, 0.1) is 6.92 Å². The number of halogens is 4. The molecule has 2 aliphatic rings. The highest BCUT2D eigenvalue weighted by Crippen LogP contribution is 2.38. The van der Waals surface area contributed by atoms with Crippen LogP contribution in [0.25, 0.3) is 0 Å². The van der Waals surface area contributed by atoms with Gasteiger partial charge in [-0.25, -0.2) is 17.6 Å². The first-order valence-electron chi connectivity index (χ1n) is 11.6. The molecule has 1 aromatic heterocycles. The second kappa shape index (κ2) is 11.1. The minimum Gasteiger partial charge on any atom is -0.297 e. The molecule has 2 nitrogen and oxygen atoms in total. The monoisotopic (exact) mass is 458 g/mol. The number of alkyl halides is 4. The first kappa shape index (κ1) is 24.4. The summed E-state index contributed by atoms with van der Waals surface area (Å²) < 4.78 is 54.6. The molecule has 3 rings (SSSR count). The quantitative estimate of drug-likeness (QED) is 0.290. The van der Waals surface area contributed by atoms with Gasteiger partial charge < -0.3 is 0 Å². The normalized spacial score (nSPS) is 21.8. The maximum absolute atomic E-state index is 13.7. The van der Waals surface area contributed by atoms with E-state index in [9.17, 15) is 17.6 Å². The number of hydrogen-bond donors (Lipinski definition) is 0. The largest absolute Gasteiger partial charge is 0.297 e. The number of nitrogens with zero attached hydrogens (tertiary/aromatic N) is 2. The van der Waals surface area contributed by atoms with Gasteiger partial charge >= 0.3 is 0 Å². The predicted octanol–water partition coefficient (Wildman–Crippen LogP) is 7.57. The summed E-state index contributed by atoms with van der Waals surface area (Å²) in [5.41, 5.74) is 1.29. The Morgan fingerprint density at radius 1 is 1.23 bits per heavy atom. The number of likely N-dealkylation sites (tertiary alicyclic amines) is 1. The van der Waals surface area contributed by atoms with Crippen molar-refractivity contribution in [3.63, 3.8) is 0 Å². The molecule has 1 aliphatic carbocycles. The van der Waals surface area contributed by atoms with Gasteiger partial charge in [0, 0.05) is 47.8 Å². The van der Waals surface area contributed by atoms with Crippen molar-refractivity contribution in [3.8, 4) is 0 Å². The number of hydrogen-bond acceptors (Lipinski definition) is 3. The van der Waals surface area contributed by atoms with E-state index < -0.39 is 12.3 Å². The SMILES string of the molecule is CCC/C=C(/N=C(/CN1CCC(F)(F)CC1)c1cc(C2CCCCC2)sc1C)C(F)F. The number of allylic oxidation sites excluding steroid dienone is 2. The lowest BCUT2D eigenvalue weighted by molar-refractivity contribution is -0.0523. The molecule has 0 aromatic carbocycles. The van der Waals surface area contributed by atoms with E-state index in [1.54, 1.807) is 11.3 Å². The lowest BCUT2D eigenvalue weighted by atomic mass is 9.88. The third-order valence-corrected chi connectivity index (χ3v) is 7.56. The summed E-state index contributed by atoms with van der Waals surface area (Å²) in [6, 6.07) is 2.14. The van der Waals surface area contributed by atoms with E-state index in [0.717, 1.165) is 16.9 Å². The van der Waals surface area contributed by atoms with Crippen molar-refractivity contribution < 1.29 is 17.6 Å². The molecular weight excluding hydrogens is 424 g/mol. The molecule has 0 unspecified atom stereocenters.